The van der Waals surface area contributed by atoms with E-state index in [1.807, 2.05) is 19.9 Å². The minimum atomic E-state index is -0.503. The number of aromatic hydroxyl groups is 1. The molecule has 2 rings (SSSR count). The van der Waals surface area contributed by atoms with E-state index in [4.69, 9.17) is 5.73 Å². The smallest absolute Gasteiger partial charge is 0.115 e. The summed E-state index contributed by atoms with van der Waals surface area (Å²) in [6.45, 7) is 4.00. The van der Waals surface area contributed by atoms with Crippen molar-refractivity contribution in [2.75, 3.05) is 0 Å². The van der Waals surface area contributed by atoms with Crippen molar-refractivity contribution in [3.05, 3.63) is 29.3 Å². The Balaban J connectivity index is 2.57. The van der Waals surface area contributed by atoms with Crippen LogP contribution in [-0.4, -0.2) is 22.4 Å². The van der Waals surface area contributed by atoms with Gasteiger partial charge in [0.05, 0.1) is 6.10 Å². The Hall–Kier alpha value is -1.06. The SMILES string of the molecule is CC1(C)c2cc(O)ccc2C[C@@H](O)[C@H]1N. The number of hydrogen-bond donors (Lipinski definition) is 3. The van der Waals surface area contributed by atoms with Crippen LogP contribution in [-0.2, 0) is 11.8 Å². The van der Waals surface area contributed by atoms with Gasteiger partial charge in [0.15, 0.2) is 0 Å². The number of aliphatic hydroxyl groups is 1. The number of benzene rings is 1. The molecular formula is C12H17NO2. The van der Waals surface area contributed by atoms with Crippen LogP contribution in [0.2, 0.25) is 0 Å². The fraction of sp³-hybridized carbons (Fsp3) is 0.500. The largest absolute Gasteiger partial charge is 0.508 e. The maximum atomic E-state index is 9.84. The van der Waals surface area contributed by atoms with Crippen molar-refractivity contribution in [1.82, 2.24) is 0 Å². The first-order valence-corrected chi connectivity index (χ1v) is 5.19. The van der Waals surface area contributed by atoms with Crippen LogP contribution >= 0.6 is 0 Å². The van der Waals surface area contributed by atoms with Gasteiger partial charge in [-0.25, -0.2) is 0 Å². The standard InChI is InChI=1S/C12H17NO2/c1-12(2)9-6-8(14)4-3-7(9)5-10(15)11(12)13/h3-4,6,10-11,14-15H,5,13H2,1-2H3/t10-,11-/m1/s1. The number of rotatable bonds is 0. The summed E-state index contributed by atoms with van der Waals surface area (Å²) in [4.78, 5) is 0. The number of fused-ring (bicyclic) bond motifs is 1. The average Bonchev–Trinajstić information content (AvgIpc) is 2.17. The molecule has 3 heteroatoms. The van der Waals surface area contributed by atoms with Gasteiger partial charge in [-0.3, -0.25) is 0 Å². The molecule has 82 valence electrons. The van der Waals surface area contributed by atoms with E-state index in [1.165, 1.54) is 0 Å². The lowest BCUT2D eigenvalue weighted by molar-refractivity contribution is 0.101. The Labute approximate surface area is 89.5 Å². The molecule has 0 spiro atoms. The summed E-state index contributed by atoms with van der Waals surface area (Å²) in [6.07, 6.45) is 0.0669. The van der Waals surface area contributed by atoms with Crippen molar-refractivity contribution in [3.8, 4) is 5.75 Å². The molecule has 15 heavy (non-hydrogen) atoms. The van der Waals surface area contributed by atoms with Crippen molar-refractivity contribution in [2.24, 2.45) is 5.73 Å². The van der Waals surface area contributed by atoms with E-state index < -0.39 is 6.10 Å². The van der Waals surface area contributed by atoms with Crippen molar-refractivity contribution >= 4 is 0 Å². The summed E-state index contributed by atoms with van der Waals surface area (Å²) < 4.78 is 0. The van der Waals surface area contributed by atoms with E-state index >= 15 is 0 Å². The van der Waals surface area contributed by atoms with Gasteiger partial charge in [-0.15, -0.1) is 0 Å². The van der Waals surface area contributed by atoms with Gasteiger partial charge in [-0.05, 0) is 23.3 Å². The van der Waals surface area contributed by atoms with Crippen molar-refractivity contribution in [1.29, 1.82) is 0 Å². The number of aliphatic hydroxyl groups excluding tert-OH is 1. The molecule has 0 saturated heterocycles. The molecule has 2 atom stereocenters. The first kappa shape index (κ1) is 10.5. The zero-order valence-corrected chi connectivity index (χ0v) is 9.07. The fourth-order valence-electron chi connectivity index (χ4n) is 2.36. The Morgan fingerprint density at radius 3 is 2.73 bits per heavy atom. The average molecular weight is 207 g/mol. The Morgan fingerprint density at radius 2 is 2.07 bits per heavy atom. The molecule has 0 aliphatic heterocycles. The van der Waals surface area contributed by atoms with E-state index in [1.54, 1.807) is 12.1 Å². The summed E-state index contributed by atoms with van der Waals surface area (Å²) in [5.41, 5.74) is 7.81. The molecule has 1 aliphatic rings. The molecular weight excluding hydrogens is 190 g/mol. The maximum Gasteiger partial charge on any atom is 0.115 e. The van der Waals surface area contributed by atoms with Crippen LogP contribution in [0.3, 0.4) is 0 Å². The zero-order chi connectivity index (χ0) is 11.2. The third-order valence-corrected chi connectivity index (χ3v) is 3.46. The van der Waals surface area contributed by atoms with Gasteiger partial charge in [-0.1, -0.05) is 19.9 Å². The summed E-state index contributed by atoms with van der Waals surface area (Å²) in [7, 11) is 0. The van der Waals surface area contributed by atoms with Gasteiger partial charge in [0, 0.05) is 17.9 Å². The van der Waals surface area contributed by atoms with E-state index in [2.05, 4.69) is 0 Å². The van der Waals surface area contributed by atoms with E-state index in [0.29, 0.717) is 6.42 Å². The van der Waals surface area contributed by atoms with Gasteiger partial charge >= 0.3 is 0 Å². The van der Waals surface area contributed by atoms with Crippen LogP contribution in [0, 0.1) is 0 Å². The van der Waals surface area contributed by atoms with Crippen LogP contribution in [0.25, 0.3) is 0 Å². The molecule has 3 nitrogen and oxygen atoms in total. The molecule has 0 radical (unpaired) electrons. The van der Waals surface area contributed by atoms with Gasteiger partial charge in [0.1, 0.15) is 5.75 Å². The van der Waals surface area contributed by atoms with Crippen molar-refractivity contribution in [3.63, 3.8) is 0 Å². The Kier molecular flexibility index (Phi) is 2.24. The zero-order valence-electron chi connectivity index (χ0n) is 9.07. The molecule has 0 unspecified atom stereocenters. The molecule has 0 heterocycles. The van der Waals surface area contributed by atoms with Crippen molar-refractivity contribution in [2.45, 2.75) is 37.8 Å². The topological polar surface area (TPSA) is 66.5 Å². The maximum absolute atomic E-state index is 9.84. The first-order chi connectivity index (χ1) is 6.93. The molecule has 1 aromatic rings. The number of hydrogen-bond acceptors (Lipinski definition) is 3. The molecule has 0 fully saturated rings. The van der Waals surface area contributed by atoms with Crippen LogP contribution < -0.4 is 5.73 Å². The van der Waals surface area contributed by atoms with Crippen LogP contribution in [0.5, 0.6) is 5.75 Å². The molecule has 0 bridgehead atoms. The van der Waals surface area contributed by atoms with Gasteiger partial charge in [0.2, 0.25) is 0 Å². The minimum Gasteiger partial charge on any atom is -0.508 e. The summed E-state index contributed by atoms with van der Waals surface area (Å²) in [5.74, 6) is 0.255. The molecule has 4 N–H and O–H groups in total. The molecule has 0 amide bonds. The summed E-state index contributed by atoms with van der Waals surface area (Å²) in [5, 5.41) is 19.3. The number of phenolic OH excluding ortho intramolecular Hbond substituents is 1. The van der Waals surface area contributed by atoms with E-state index in [9.17, 15) is 10.2 Å². The second-order valence-electron chi connectivity index (χ2n) is 4.86. The highest BCUT2D eigenvalue weighted by Gasteiger charge is 2.39. The molecule has 0 saturated carbocycles. The number of phenols is 1. The highest BCUT2D eigenvalue weighted by atomic mass is 16.3. The van der Waals surface area contributed by atoms with Crippen LogP contribution in [0.15, 0.2) is 18.2 Å². The van der Waals surface area contributed by atoms with E-state index in [-0.39, 0.29) is 17.2 Å². The quantitative estimate of drug-likeness (QED) is 0.592. The summed E-state index contributed by atoms with van der Waals surface area (Å²) in [6, 6.07) is 4.98. The third-order valence-electron chi connectivity index (χ3n) is 3.46. The highest BCUT2D eigenvalue weighted by Crippen LogP contribution is 2.37. The Morgan fingerprint density at radius 1 is 1.40 bits per heavy atom. The van der Waals surface area contributed by atoms with Gasteiger partial charge < -0.3 is 15.9 Å². The second kappa shape index (κ2) is 3.22. The van der Waals surface area contributed by atoms with E-state index in [0.717, 1.165) is 11.1 Å². The van der Waals surface area contributed by atoms with Gasteiger partial charge in [0.25, 0.3) is 0 Å². The normalized spacial score (nSPS) is 28.5. The molecule has 1 aromatic carbocycles. The number of nitrogens with two attached hydrogens (primary N) is 1. The lowest BCUT2D eigenvalue weighted by atomic mass is 9.68. The predicted molar refractivity (Wildman–Crippen MR) is 58.8 cm³/mol. The van der Waals surface area contributed by atoms with Crippen LogP contribution in [0.1, 0.15) is 25.0 Å². The summed E-state index contributed by atoms with van der Waals surface area (Å²) >= 11 is 0. The highest BCUT2D eigenvalue weighted by molar-refractivity contribution is 5.43. The minimum absolute atomic E-state index is 0.255. The van der Waals surface area contributed by atoms with Gasteiger partial charge in [-0.2, -0.15) is 0 Å². The lowest BCUT2D eigenvalue weighted by Crippen LogP contribution is -2.53. The first-order valence-electron chi connectivity index (χ1n) is 5.19. The predicted octanol–water partition coefficient (Wildman–Crippen LogP) is 0.914. The molecule has 1 aliphatic carbocycles. The monoisotopic (exact) mass is 207 g/mol. The third kappa shape index (κ3) is 1.52. The lowest BCUT2D eigenvalue weighted by Gasteiger charge is -2.41. The second-order valence-corrected chi connectivity index (χ2v) is 4.86. The molecule has 0 aromatic heterocycles. The van der Waals surface area contributed by atoms with Crippen LogP contribution in [0.4, 0.5) is 0 Å². The van der Waals surface area contributed by atoms with Crippen molar-refractivity contribution < 1.29 is 10.2 Å². The Bertz CT molecular complexity index is 387. The fourth-order valence-corrected chi connectivity index (χ4v) is 2.36.